The van der Waals surface area contributed by atoms with Crippen LogP contribution in [0.4, 0.5) is 0 Å². The molecule has 2 rings (SSSR count). The predicted molar refractivity (Wildman–Crippen MR) is 114 cm³/mol. The van der Waals surface area contributed by atoms with Gasteiger partial charge < -0.3 is 25.6 Å². The smallest absolute Gasteiger partial charge is 0.259 e. The minimum atomic E-state index is -0.247. The largest absolute Gasteiger partial charge is 0.484 e. The molecule has 0 bridgehead atoms. The van der Waals surface area contributed by atoms with E-state index in [1.54, 1.807) is 14.1 Å². The van der Waals surface area contributed by atoms with Crippen LogP contribution in [0.15, 0.2) is 29.3 Å². The Morgan fingerprint density at radius 3 is 2.86 bits per heavy atom. The van der Waals surface area contributed by atoms with E-state index in [4.69, 9.17) is 15.5 Å². The second-order valence-electron chi connectivity index (χ2n) is 7.52. The summed E-state index contributed by atoms with van der Waals surface area (Å²) in [5, 5.41) is 3.34. The van der Waals surface area contributed by atoms with Crippen LogP contribution in [0.25, 0.3) is 0 Å². The highest BCUT2D eigenvalue weighted by Crippen LogP contribution is 2.20. The average Bonchev–Trinajstić information content (AvgIpc) is 2.69. The number of aliphatic imine (C=N–C) groups is 1. The molecule has 29 heavy (non-hydrogen) atoms. The number of nitrogens with one attached hydrogen (secondary N) is 1. The zero-order chi connectivity index (χ0) is 21.2. The van der Waals surface area contributed by atoms with E-state index >= 15 is 0 Å². The van der Waals surface area contributed by atoms with Gasteiger partial charge in [0, 0.05) is 40.2 Å². The summed E-state index contributed by atoms with van der Waals surface area (Å²) in [7, 11) is 3.40. The van der Waals surface area contributed by atoms with Crippen molar-refractivity contribution in [1.82, 2.24) is 15.1 Å². The molecule has 1 aliphatic heterocycles. The third-order valence-electron chi connectivity index (χ3n) is 4.81. The van der Waals surface area contributed by atoms with Crippen LogP contribution in [-0.2, 0) is 16.1 Å². The molecule has 0 saturated carbocycles. The summed E-state index contributed by atoms with van der Waals surface area (Å²) in [6.45, 7) is 5.01. The number of likely N-dealkylation sites (N-methyl/N-ethyl adjacent to an activating group) is 1. The first-order valence-corrected chi connectivity index (χ1v) is 10.1. The fourth-order valence-corrected chi connectivity index (χ4v) is 3.31. The fraction of sp³-hybridized carbons (Fsp3) is 0.571. The Morgan fingerprint density at radius 1 is 1.38 bits per heavy atom. The van der Waals surface area contributed by atoms with Crippen LogP contribution in [0.2, 0.25) is 0 Å². The normalized spacial score (nSPS) is 17.0. The summed E-state index contributed by atoms with van der Waals surface area (Å²) in [6, 6.07) is 7.62. The molecule has 1 heterocycles. The molecule has 1 aromatic carbocycles. The molecule has 1 saturated heterocycles. The third-order valence-corrected chi connectivity index (χ3v) is 4.81. The summed E-state index contributed by atoms with van der Waals surface area (Å²) in [5.74, 6) is 1.44. The van der Waals surface area contributed by atoms with Crippen LogP contribution in [-0.4, -0.2) is 67.9 Å². The van der Waals surface area contributed by atoms with Crippen LogP contribution in [0.3, 0.4) is 0 Å². The molecule has 2 amide bonds. The Morgan fingerprint density at radius 2 is 2.17 bits per heavy atom. The van der Waals surface area contributed by atoms with Crippen molar-refractivity contribution in [1.29, 1.82) is 0 Å². The molecule has 8 heteroatoms. The molecule has 0 aliphatic carbocycles. The number of primary amides is 1. The quantitative estimate of drug-likeness (QED) is 0.502. The number of benzene rings is 1. The van der Waals surface area contributed by atoms with Crippen LogP contribution in [0, 0.1) is 5.92 Å². The summed E-state index contributed by atoms with van der Waals surface area (Å²) in [5.41, 5.74) is 6.37. The van der Waals surface area contributed by atoms with E-state index in [0.717, 1.165) is 44.0 Å². The first-order chi connectivity index (χ1) is 13.9. The number of nitrogens with zero attached hydrogens (tertiary/aromatic N) is 3. The fourth-order valence-electron chi connectivity index (χ4n) is 3.31. The Labute approximate surface area is 173 Å². The second kappa shape index (κ2) is 11.3. The number of nitrogens with two attached hydrogens (primary N) is 1. The number of carbonyl (C=O) groups is 2. The SMILES string of the molecule is CCNC(=NCc1cccc(OCC(=O)N(C)C)c1)N1CCCC(CC(N)=O)C1. The number of amides is 2. The lowest BCUT2D eigenvalue weighted by atomic mass is 9.95. The maximum Gasteiger partial charge on any atom is 0.259 e. The molecule has 1 unspecified atom stereocenters. The van der Waals surface area contributed by atoms with Gasteiger partial charge in [-0.2, -0.15) is 0 Å². The number of likely N-dealkylation sites (tertiary alicyclic amines) is 1. The highest BCUT2D eigenvalue weighted by atomic mass is 16.5. The zero-order valence-electron chi connectivity index (χ0n) is 17.7. The maximum absolute atomic E-state index is 11.7. The van der Waals surface area contributed by atoms with E-state index in [2.05, 4.69) is 10.2 Å². The van der Waals surface area contributed by atoms with E-state index in [1.807, 2.05) is 31.2 Å². The van der Waals surface area contributed by atoms with Gasteiger partial charge in [-0.1, -0.05) is 12.1 Å². The molecule has 1 aromatic rings. The molecule has 3 N–H and O–H groups in total. The van der Waals surface area contributed by atoms with E-state index in [9.17, 15) is 9.59 Å². The Hall–Kier alpha value is -2.77. The van der Waals surface area contributed by atoms with Gasteiger partial charge in [-0.15, -0.1) is 0 Å². The lowest BCUT2D eigenvalue weighted by Gasteiger charge is -2.34. The van der Waals surface area contributed by atoms with Gasteiger partial charge in [0.2, 0.25) is 5.91 Å². The first kappa shape index (κ1) is 22.5. The second-order valence-corrected chi connectivity index (χ2v) is 7.52. The molecular weight excluding hydrogens is 370 g/mol. The van der Waals surface area contributed by atoms with E-state index in [0.29, 0.717) is 18.7 Å². The van der Waals surface area contributed by atoms with Gasteiger partial charge in [0.15, 0.2) is 12.6 Å². The maximum atomic E-state index is 11.7. The summed E-state index contributed by atoms with van der Waals surface area (Å²) < 4.78 is 5.58. The number of carbonyl (C=O) groups excluding carboxylic acids is 2. The molecule has 1 fully saturated rings. The molecule has 0 spiro atoms. The Kier molecular flexibility index (Phi) is 8.76. The number of hydrogen-bond donors (Lipinski definition) is 2. The zero-order valence-corrected chi connectivity index (χ0v) is 17.7. The summed E-state index contributed by atoms with van der Waals surface area (Å²) in [6.07, 6.45) is 2.45. The van der Waals surface area contributed by atoms with Crippen molar-refractivity contribution in [2.75, 3.05) is 40.3 Å². The molecular formula is C21H33N5O3. The van der Waals surface area contributed by atoms with Gasteiger partial charge in [0.1, 0.15) is 5.75 Å². The highest BCUT2D eigenvalue weighted by Gasteiger charge is 2.23. The number of hydrogen-bond acceptors (Lipinski definition) is 4. The van der Waals surface area contributed by atoms with Crippen LogP contribution < -0.4 is 15.8 Å². The lowest BCUT2D eigenvalue weighted by Crippen LogP contribution is -2.47. The van der Waals surface area contributed by atoms with Gasteiger partial charge in [-0.25, -0.2) is 4.99 Å². The van der Waals surface area contributed by atoms with Crippen LogP contribution in [0.1, 0.15) is 31.7 Å². The van der Waals surface area contributed by atoms with Crippen molar-refractivity contribution in [3.05, 3.63) is 29.8 Å². The summed E-state index contributed by atoms with van der Waals surface area (Å²) >= 11 is 0. The van der Waals surface area contributed by atoms with Gasteiger partial charge in [0.05, 0.1) is 6.54 Å². The number of guanidine groups is 1. The monoisotopic (exact) mass is 403 g/mol. The van der Waals surface area contributed by atoms with Gasteiger partial charge in [-0.05, 0) is 43.4 Å². The molecule has 160 valence electrons. The molecule has 1 aliphatic rings. The standard InChI is InChI=1S/C21H33N5O3/c1-4-23-21(26-10-6-8-17(14-26)12-19(22)27)24-13-16-7-5-9-18(11-16)29-15-20(28)25(2)3/h5,7,9,11,17H,4,6,8,10,12-15H2,1-3H3,(H2,22,27)(H,23,24). The van der Waals surface area contributed by atoms with E-state index in [1.165, 1.54) is 4.90 Å². The average molecular weight is 404 g/mol. The van der Waals surface area contributed by atoms with Crippen molar-refractivity contribution in [3.63, 3.8) is 0 Å². The van der Waals surface area contributed by atoms with Crippen molar-refractivity contribution >= 4 is 17.8 Å². The van der Waals surface area contributed by atoms with Crippen LogP contribution >= 0.6 is 0 Å². The van der Waals surface area contributed by atoms with Crippen molar-refractivity contribution in [2.45, 2.75) is 32.7 Å². The molecule has 1 atom stereocenters. The van der Waals surface area contributed by atoms with Crippen molar-refractivity contribution in [3.8, 4) is 5.75 Å². The van der Waals surface area contributed by atoms with Crippen molar-refractivity contribution in [2.24, 2.45) is 16.6 Å². The predicted octanol–water partition coefficient (Wildman–Crippen LogP) is 1.21. The molecule has 0 radical (unpaired) electrons. The lowest BCUT2D eigenvalue weighted by molar-refractivity contribution is -0.130. The Bertz CT molecular complexity index is 720. The topological polar surface area (TPSA) is 100 Å². The Balaban J connectivity index is 2.01. The van der Waals surface area contributed by atoms with E-state index in [-0.39, 0.29) is 24.3 Å². The minimum Gasteiger partial charge on any atom is -0.484 e. The van der Waals surface area contributed by atoms with Crippen molar-refractivity contribution < 1.29 is 14.3 Å². The first-order valence-electron chi connectivity index (χ1n) is 10.1. The van der Waals surface area contributed by atoms with Gasteiger partial charge in [-0.3, -0.25) is 9.59 Å². The highest BCUT2D eigenvalue weighted by molar-refractivity contribution is 5.80. The van der Waals surface area contributed by atoms with Gasteiger partial charge >= 0.3 is 0 Å². The number of piperidine rings is 1. The van der Waals surface area contributed by atoms with Gasteiger partial charge in [0.25, 0.3) is 5.91 Å². The van der Waals surface area contributed by atoms with E-state index < -0.39 is 0 Å². The molecule has 8 nitrogen and oxygen atoms in total. The molecule has 0 aromatic heterocycles. The third kappa shape index (κ3) is 7.63. The minimum absolute atomic E-state index is 0.0113. The summed E-state index contributed by atoms with van der Waals surface area (Å²) in [4.78, 5) is 31.4. The van der Waals surface area contributed by atoms with Crippen LogP contribution in [0.5, 0.6) is 5.75 Å². The number of ether oxygens (including phenoxy) is 1. The number of rotatable bonds is 8.